The summed E-state index contributed by atoms with van der Waals surface area (Å²) in [5.41, 5.74) is 2.64. The van der Waals surface area contributed by atoms with Crippen LogP contribution < -0.4 is 150 Å². The van der Waals surface area contributed by atoms with Gasteiger partial charge in [0.2, 0.25) is 0 Å². The van der Waals surface area contributed by atoms with E-state index in [1.54, 1.807) is 146 Å². The molecular weight excluding hydrogens is 2020 g/mol. The van der Waals surface area contributed by atoms with Crippen molar-refractivity contribution in [3.8, 4) is 69.0 Å². The minimum Gasteiger partial charge on any atom is -2.00 e. The number of hydrogen-bond acceptors (Lipinski definition) is 24. The van der Waals surface area contributed by atoms with Crippen LogP contribution in [0.2, 0.25) is 0 Å². The molecule has 14 aromatic rings. The molecule has 0 atom stereocenters. The Kier molecular flexibility index (Phi) is 53.1. The average Bonchev–Trinajstić information content (AvgIpc) is 0.830. The summed E-state index contributed by atoms with van der Waals surface area (Å²) in [5.74, 6) is 7.48. The molecule has 0 aliphatic heterocycles. The van der Waals surface area contributed by atoms with Crippen LogP contribution in [0.3, 0.4) is 0 Å². The average molecular weight is 2130 g/mol. The molecule has 0 saturated carbocycles. The van der Waals surface area contributed by atoms with Crippen molar-refractivity contribution in [2.24, 2.45) is 0 Å². The molecular formula is C98H100O25P6Zn4. The first-order valence-electron chi connectivity index (χ1n) is 38.9. The molecule has 0 aliphatic carbocycles. The van der Waals surface area contributed by atoms with Crippen LogP contribution in [0.15, 0.2) is 352 Å². The minimum atomic E-state index is -3.82. The van der Waals surface area contributed by atoms with Crippen LogP contribution in [0.25, 0.3) is 0 Å². The van der Waals surface area contributed by atoms with E-state index < -0.39 is 44.2 Å². The zero-order chi connectivity index (χ0) is 93.5. The predicted octanol–water partition coefficient (Wildman–Crippen LogP) is 11.6. The Hall–Kier alpha value is -9.73. The molecule has 0 spiro atoms. The number of hydrogen-bond donors (Lipinski definition) is 0. The summed E-state index contributed by atoms with van der Waals surface area (Å²) in [7, 11) is -4.47. The molecule has 25 nitrogen and oxygen atoms in total. The molecule has 35 heteroatoms. The molecule has 0 fully saturated rings. The second-order valence-corrected chi connectivity index (χ2v) is 39.8. The summed E-state index contributed by atoms with van der Waals surface area (Å²) in [5, 5.41) is 3.15. The fraction of sp³-hybridized carbons (Fsp3) is 0.143. The third-order valence-corrected chi connectivity index (χ3v) is 30.6. The fourth-order valence-electron chi connectivity index (χ4n) is 11.3. The number of methoxy groups -OCH3 is 12. The molecule has 0 heterocycles. The summed E-state index contributed by atoms with van der Waals surface area (Å²) in [4.78, 5) is 74.3. The second kappa shape index (κ2) is 59.2. The van der Waals surface area contributed by atoms with E-state index >= 15 is 0 Å². The third kappa shape index (κ3) is 35.8. The van der Waals surface area contributed by atoms with Gasteiger partial charge in [0.15, 0.2) is 0 Å². The van der Waals surface area contributed by atoms with Crippen LogP contribution in [-0.4, -0.2) is 85.3 Å². The smallest absolute Gasteiger partial charge is 2.00 e. The maximum atomic E-state index is 12.4. The first kappa shape index (κ1) is 119. The normalized spacial score (nSPS) is 10.4. The van der Waals surface area contributed by atoms with Gasteiger partial charge in [0, 0.05) is 63.7 Å². The van der Waals surface area contributed by atoms with Crippen molar-refractivity contribution >= 4 is 108 Å². The summed E-state index contributed by atoms with van der Waals surface area (Å²) >= 11 is 0. The van der Waals surface area contributed by atoms with Crippen molar-refractivity contribution in [1.82, 2.24) is 0 Å². The summed E-state index contributed by atoms with van der Waals surface area (Å²) in [6, 6.07) is 96.5. The van der Waals surface area contributed by atoms with E-state index in [4.69, 9.17) is 56.8 Å². The van der Waals surface area contributed by atoms with E-state index in [0.717, 1.165) is 0 Å². The minimum absolute atomic E-state index is 0. The summed E-state index contributed by atoms with van der Waals surface area (Å²) in [6.07, 6.45) is 0. The van der Waals surface area contributed by atoms with E-state index in [9.17, 15) is 56.8 Å². The van der Waals surface area contributed by atoms with Gasteiger partial charge in [0.05, 0.1) is 130 Å². The molecule has 680 valence electrons. The molecule has 0 N–H and O–H groups in total. The SMILES string of the molecule is COc1ccc(P(=O)([O-])c2ccc(OC)cc2)cc1.COc1ccc(P(=O)([O-])c2ccc(OC)cc2)cc1.COc1ccc(P(=O)([O-])c2ccc(OC)cc2)cc1.COc1ccc(P(=O)([O-])c2ccc(OC)cc2)cc1.COc1ccc(P(=O)([O-])c2ccc(OC)cc2)cc1.COc1ccc(P(=O)([O-])c2ccc(OC)cc2)cc1.Cc1ccccc1.Cc1ccccc1.[O-2].[Zn+2].[Zn+2].[Zn+2].[Zn+2]. The topological polar surface area (TPSA) is 380 Å². The van der Waals surface area contributed by atoms with E-state index in [-0.39, 0.29) is 147 Å². The second-order valence-electron chi connectivity index (χ2n) is 27.0. The van der Waals surface area contributed by atoms with Gasteiger partial charge in [-0.3, -0.25) is 0 Å². The molecule has 0 radical (unpaired) electrons. The standard InChI is InChI=1S/6C14H15O4P.2C7H8.O.4Zn/c6*1-17-11-3-7-13(8-4-11)19(15,16)14-9-5-12(18-2)6-10-14;2*1-7-5-3-2-4-6-7;;;;;/h6*3-10H,1-2H3,(H,15,16);2*2-6H,1H3;;;;;/q;;;;;;;;-2;4*+2/p-6. The predicted molar refractivity (Wildman–Crippen MR) is 500 cm³/mol. The first-order chi connectivity index (χ1) is 61.2. The fourth-order valence-corrected chi connectivity index (χ4v) is 19.6. The van der Waals surface area contributed by atoms with Gasteiger partial charge < -0.3 is 119 Å². The Balaban J connectivity index is 0.000000520. The van der Waals surface area contributed by atoms with Gasteiger partial charge in [0.25, 0.3) is 0 Å². The Morgan fingerprint density at radius 1 is 0.150 bits per heavy atom. The summed E-state index contributed by atoms with van der Waals surface area (Å²) < 4.78 is 134. The largest absolute Gasteiger partial charge is 2.00 e. The Bertz CT molecular complexity index is 4770. The van der Waals surface area contributed by atoms with Gasteiger partial charge in [-0.05, 0) is 305 Å². The number of benzene rings is 14. The monoisotopic (exact) mass is 2120 g/mol. The van der Waals surface area contributed by atoms with Gasteiger partial charge in [-0.15, -0.1) is 0 Å². The molecule has 0 amide bonds. The zero-order valence-electron chi connectivity index (χ0n) is 76.2. The van der Waals surface area contributed by atoms with Gasteiger partial charge in [-0.25, -0.2) is 0 Å². The molecule has 0 saturated heterocycles. The van der Waals surface area contributed by atoms with Crippen molar-refractivity contribution < 1.29 is 197 Å². The van der Waals surface area contributed by atoms with Crippen molar-refractivity contribution in [2.45, 2.75) is 13.8 Å². The van der Waals surface area contributed by atoms with Crippen LogP contribution in [0.5, 0.6) is 69.0 Å². The van der Waals surface area contributed by atoms with Crippen LogP contribution in [0, 0.1) is 13.8 Å². The third-order valence-electron chi connectivity index (χ3n) is 18.8. The molecule has 0 unspecified atom stereocenters. The van der Waals surface area contributed by atoms with Crippen molar-refractivity contribution in [2.75, 3.05) is 85.3 Å². The summed E-state index contributed by atoms with van der Waals surface area (Å²) in [6.45, 7) is 4.17. The molecule has 14 rings (SSSR count). The maximum absolute atomic E-state index is 12.4. The number of ether oxygens (including phenoxy) is 12. The maximum Gasteiger partial charge on any atom is 2.00 e. The van der Waals surface area contributed by atoms with E-state index in [1.807, 2.05) is 36.4 Å². The van der Waals surface area contributed by atoms with E-state index in [2.05, 4.69) is 38.1 Å². The number of rotatable bonds is 24. The number of aryl methyl sites for hydroxylation is 2. The Morgan fingerprint density at radius 3 is 0.278 bits per heavy atom. The molecule has 0 aromatic heterocycles. The van der Waals surface area contributed by atoms with Crippen molar-refractivity contribution in [3.63, 3.8) is 0 Å². The van der Waals surface area contributed by atoms with Crippen LogP contribution in [0.4, 0.5) is 0 Å². The van der Waals surface area contributed by atoms with Gasteiger partial charge >= 0.3 is 77.9 Å². The molecule has 14 aromatic carbocycles. The first-order valence-corrected chi connectivity index (χ1v) is 48.6. The van der Waals surface area contributed by atoms with Crippen LogP contribution >= 0.6 is 44.2 Å². The Labute approximate surface area is 829 Å². The van der Waals surface area contributed by atoms with Gasteiger partial charge in [0.1, 0.15) is 69.0 Å². The van der Waals surface area contributed by atoms with Gasteiger partial charge in [-0.2, -0.15) is 0 Å². The zero-order valence-corrected chi connectivity index (χ0v) is 93.4. The molecule has 0 aliphatic rings. The van der Waals surface area contributed by atoms with Crippen molar-refractivity contribution in [1.29, 1.82) is 0 Å². The van der Waals surface area contributed by atoms with Crippen molar-refractivity contribution in [3.05, 3.63) is 363 Å². The molecule has 133 heavy (non-hydrogen) atoms. The van der Waals surface area contributed by atoms with E-state index in [1.165, 1.54) is 242 Å². The van der Waals surface area contributed by atoms with Crippen LogP contribution in [-0.2, 0) is 111 Å². The Morgan fingerprint density at radius 2 is 0.226 bits per heavy atom. The quantitative estimate of drug-likeness (QED) is 0.0400. The van der Waals surface area contributed by atoms with Gasteiger partial charge in [-0.1, -0.05) is 71.8 Å². The van der Waals surface area contributed by atoms with Crippen LogP contribution in [0.1, 0.15) is 11.1 Å². The molecule has 0 bridgehead atoms. The van der Waals surface area contributed by atoms with E-state index in [0.29, 0.717) is 69.0 Å².